The molecule has 4 aromatic carbocycles. The van der Waals surface area contributed by atoms with E-state index in [0.717, 1.165) is 16.7 Å². The Kier molecular flexibility index (Phi) is 6.33. The first-order chi connectivity index (χ1) is 15.6. The molecule has 0 spiro atoms. The maximum Gasteiger partial charge on any atom is 0.343 e. The van der Waals surface area contributed by atoms with Crippen LogP contribution in [0.2, 0.25) is 0 Å². The van der Waals surface area contributed by atoms with Gasteiger partial charge in [0, 0.05) is 5.56 Å². The van der Waals surface area contributed by atoms with Crippen LogP contribution in [0, 0.1) is 5.82 Å². The van der Waals surface area contributed by atoms with Gasteiger partial charge in [0.25, 0.3) is 0 Å². The predicted octanol–water partition coefficient (Wildman–Crippen LogP) is 6.61. The van der Waals surface area contributed by atoms with Crippen LogP contribution in [0.15, 0.2) is 109 Å². The van der Waals surface area contributed by atoms with Crippen molar-refractivity contribution in [3.63, 3.8) is 0 Å². The molecule has 0 aliphatic heterocycles. The quantitative estimate of drug-likeness (QED) is 0.152. The highest BCUT2D eigenvalue weighted by molar-refractivity contribution is 6.07. The van der Waals surface area contributed by atoms with E-state index < -0.39 is 11.8 Å². The molecule has 0 saturated carbocycles. The summed E-state index contributed by atoms with van der Waals surface area (Å²) < 4.78 is 18.3. The largest absolute Gasteiger partial charge is 0.423 e. The third-order valence-corrected chi connectivity index (χ3v) is 4.87. The van der Waals surface area contributed by atoms with Gasteiger partial charge in [-0.3, -0.25) is 4.79 Å². The third-order valence-electron chi connectivity index (χ3n) is 4.87. The van der Waals surface area contributed by atoms with Crippen molar-refractivity contribution in [2.75, 3.05) is 0 Å². The van der Waals surface area contributed by atoms with E-state index in [9.17, 15) is 14.0 Å². The molecule has 0 aromatic heterocycles. The van der Waals surface area contributed by atoms with Gasteiger partial charge >= 0.3 is 5.97 Å². The first-order valence-electron chi connectivity index (χ1n) is 10.0. The van der Waals surface area contributed by atoms with Gasteiger partial charge < -0.3 is 4.74 Å². The van der Waals surface area contributed by atoms with E-state index in [0.29, 0.717) is 11.3 Å². The lowest BCUT2D eigenvalue weighted by Crippen LogP contribution is -2.08. The van der Waals surface area contributed by atoms with E-state index in [4.69, 9.17) is 4.74 Å². The first-order valence-corrected chi connectivity index (χ1v) is 10.0. The van der Waals surface area contributed by atoms with Crippen molar-refractivity contribution in [2.45, 2.75) is 0 Å². The Morgan fingerprint density at radius 1 is 0.656 bits per heavy atom. The summed E-state index contributed by atoms with van der Waals surface area (Å²) in [6.45, 7) is 0. The molecule has 0 bridgehead atoms. The molecule has 4 rings (SSSR count). The van der Waals surface area contributed by atoms with E-state index in [-0.39, 0.29) is 11.3 Å². The molecule has 156 valence electrons. The molecular formula is C28H19FO3. The zero-order valence-electron chi connectivity index (χ0n) is 17.1. The van der Waals surface area contributed by atoms with E-state index in [2.05, 4.69) is 0 Å². The van der Waals surface area contributed by atoms with Gasteiger partial charge in [-0.2, -0.15) is 0 Å². The maximum atomic E-state index is 13.0. The fourth-order valence-electron chi connectivity index (χ4n) is 3.12. The predicted molar refractivity (Wildman–Crippen MR) is 123 cm³/mol. The van der Waals surface area contributed by atoms with Crippen LogP contribution in [-0.2, 0) is 0 Å². The molecule has 32 heavy (non-hydrogen) atoms. The van der Waals surface area contributed by atoms with E-state index in [1.165, 1.54) is 30.3 Å². The molecule has 0 fully saturated rings. The molecule has 0 atom stereocenters. The number of hydrogen-bond acceptors (Lipinski definition) is 3. The Hall–Kier alpha value is -4.31. The fourth-order valence-corrected chi connectivity index (χ4v) is 3.12. The van der Waals surface area contributed by atoms with Gasteiger partial charge in [0.15, 0.2) is 5.78 Å². The van der Waals surface area contributed by atoms with Crippen molar-refractivity contribution in [3.8, 4) is 16.9 Å². The molecule has 0 aliphatic carbocycles. The van der Waals surface area contributed by atoms with Gasteiger partial charge in [0.2, 0.25) is 0 Å². The molecular weight excluding hydrogens is 403 g/mol. The summed E-state index contributed by atoms with van der Waals surface area (Å²) in [5.74, 6) is -0.725. The number of ketones is 1. The zero-order chi connectivity index (χ0) is 22.3. The molecule has 0 N–H and O–H groups in total. The van der Waals surface area contributed by atoms with Crippen molar-refractivity contribution in [1.82, 2.24) is 0 Å². The average Bonchev–Trinajstić information content (AvgIpc) is 2.84. The standard InChI is InChI=1S/C28H19FO3/c29-25-15-13-24(14-16-25)28(31)32-26-17-6-20(7-18-26)8-19-27(30)23-11-9-22(10-12-23)21-4-2-1-3-5-21/h1-19H. The second kappa shape index (κ2) is 9.67. The van der Waals surface area contributed by atoms with Crippen LogP contribution in [0.1, 0.15) is 26.3 Å². The Morgan fingerprint density at radius 2 is 1.25 bits per heavy atom. The lowest BCUT2D eigenvalue weighted by Gasteiger charge is -2.05. The lowest BCUT2D eigenvalue weighted by atomic mass is 10.0. The summed E-state index contributed by atoms with van der Waals surface area (Å²) >= 11 is 0. The minimum Gasteiger partial charge on any atom is -0.423 e. The molecule has 0 radical (unpaired) electrons. The maximum absolute atomic E-state index is 13.0. The average molecular weight is 422 g/mol. The Balaban J connectivity index is 1.37. The Labute approximate surface area is 185 Å². The Morgan fingerprint density at radius 3 is 1.91 bits per heavy atom. The Bertz CT molecular complexity index is 1240. The number of hydrogen-bond donors (Lipinski definition) is 0. The number of halogens is 1. The first kappa shape index (κ1) is 20.9. The molecule has 0 amide bonds. The molecule has 0 unspecified atom stereocenters. The van der Waals surface area contributed by atoms with Gasteiger partial charge in [-0.05, 0) is 59.2 Å². The lowest BCUT2D eigenvalue weighted by molar-refractivity contribution is 0.0734. The highest BCUT2D eigenvalue weighted by atomic mass is 19.1. The summed E-state index contributed by atoms with van der Waals surface area (Å²) in [5, 5.41) is 0. The summed E-state index contributed by atoms with van der Waals surface area (Å²) in [5.41, 5.74) is 3.81. The minimum absolute atomic E-state index is 0.101. The van der Waals surface area contributed by atoms with Crippen LogP contribution in [-0.4, -0.2) is 11.8 Å². The van der Waals surface area contributed by atoms with Gasteiger partial charge in [-0.15, -0.1) is 0 Å². The SMILES string of the molecule is O=C(C=Cc1ccc(OC(=O)c2ccc(F)cc2)cc1)c1ccc(-c2ccccc2)cc1. The monoisotopic (exact) mass is 422 g/mol. The highest BCUT2D eigenvalue weighted by Gasteiger charge is 2.08. The summed E-state index contributed by atoms with van der Waals surface area (Å²) in [6, 6.07) is 29.4. The van der Waals surface area contributed by atoms with Crippen molar-refractivity contribution < 1.29 is 18.7 Å². The molecule has 0 saturated heterocycles. The van der Waals surface area contributed by atoms with E-state index in [1.54, 1.807) is 30.3 Å². The number of ether oxygens (including phenoxy) is 1. The van der Waals surface area contributed by atoms with E-state index in [1.807, 2.05) is 54.6 Å². The number of carbonyl (C=O) groups is 2. The number of benzene rings is 4. The molecule has 3 nitrogen and oxygen atoms in total. The van der Waals surface area contributed by atoms with E-state index >= 15 is 0 Å². The van der Waals surface area contributed by atoms with Gasteiger partial charge in [-0.1, -0.05) is 72.8 Å². The number of carbonyl (C=O) groups excluding carboxylic acids is 2. The van der Waals surface area contributed by atoms with Crippen LogP contribution >= 0.6 is 0 Å². The van der Waals surface area contributed by atoms with Crippen LogP contribution in [0.25, 0.3) is 17.2 Å². The third kappa shape index (κ3) is 5.24. The second-order valence-corrected chi connectivity index (χ2v) is 7.11. The second-order valence-electron chi connectivity index (χ2n) is 7.11. The minimum atomic E-state index is -0.567. The fraction of sp³-hybridized carbons (Fsp3) is 0. The molecule has 4 heteroatoms. The topological polar surface area (TPSA) is 43.4 Å². The summed E-state index contributed by atoms with van der Waals surface area (Å²) in [6.07, 6.45) is 3.22. The zero-order valence-corrected chi connectivity index (χ0v) is 17.1. The van der Waals surface area contributed by atoms with Crippen LogP contribution in [0.5, 0.6) is 5.75 Å². The summed E-state index contributed by atoms with van der Waals surface area (Å²) in [4.78, 5) is 24.6. The van der Waals surface area contributed by atoms with Gasteiger partial charge in [0.1, 0.15) is 11.6 Å². The highest BCUT2D eigenvalue weighted by Crippen LogP contribution is 2.20. The van der Waals surface area contributed by atoms with Crippen LogP contribution in [0.3, 0.4) is 0 Å². The van der Waals surface area contributed by atoms with Crippen molar-refractivity contribution in [2.24, 2.45) is 0 Å². The normalized spacial score (nSPS) is 10.8. The van der Waals surface area contributed by atoms with Crippen molar-refractivity contribution in [1.29, 1.82) is 0 Å². The molecule has 0 aliphatic rings. The van der Waals surface area contributed by atoms with Gasteiger partial charge in [0.05, 0.1) is 5.56 Å². The smallest absolute Gasteiger partial charge is 0.343 e. The summed E-state index contributed by atoms with van der Waals surface area (Å²) in [7, 11) is 0. The van der Waals surface area contributed by atoms with Crippen LogP contribution in [0.4, 0.5) is 4.39 Å². The van der Waals surface area contributed by atoms with Crippen molar-refractivity contribution in [3.05, 3.63) is 132 Å². The number of rotatable bonds is 6. The number of esters is 1. The van der Waals surface area contributed by atoms with Crippen molar-refractivity contribution >= 4 is 17.8 Å². The molecule has 0 heterocycles. The van der Waals surface area contributed by atoms with Gasteiger partial charge in [-0.25, -0.2) is 9.18 Å². The van der Waals surface area contributed by atoms with Crippen LogP contribution < -0.4 is 4.74 Å². The number of allylic oxidation sites excluding steroid dienone is 1. The molecule has 4 aromatic rings.